The van der Waals surface area contributed by atoms with Gasteiger partial charge < -0.3 is 20.7 Å². The number of carbonyl (C=O) groups is 1. The number of piperidine rings is 1. The summed E-state index contributed by atoms with van der Waals surface area (Å²) in [5.74, 6) is 0.513. The van der Waals surface area contributed by atoms with E-state index in [1.807, 2.05) is 0 Å². The number of hydrogen-bond donors (Lipinski definition) is 2. The molecule has 2 bridgehead atoms. The highest BCUT2D eigenvalue weighted by molar-refractivity contribution is 6.33. The van der Waals surface area contributed by atoms with Gasteiger partial charge in [0.1, 0.15) is 5.75 Å². The van der Waals surface area contributed by atoms with E-state index >= 15 is 0 Å². The number of ether oxygens (including phenoxy) is 1. The van der Waals surface area contributed by atoms with Crippen LogP contribution in [0.25, 0.3) is 0 Å². The number of amides is 1. The summed E-state index contributed by atoms with van der Waals surface area (Å²) < 4.78 is 5.64. The average molecular weight is 336 g/mol. The standard InChI is InChI=1S/C17H22ClN3O2/c1-21-10-2-3-11(21)7-9(6-10)20-17(22)13-8-14(18)15(19)12-4-5-23-16(12)13/h8-11H,2-7,19H2,1H3,(H,20,22)/t9?,10-,11+. The zero-order valence-corrected chi connectivity index (χ0v) is 14.0. The summed E-state index contributed by atoms with van der Waals surface area (Å²) in [5.41, 5.74) is 7.92. The maximum absolute atomic E-state index is 12.7. The van der Waals surface area contributed by atoms with Gasteiger partial charge in [-0.1, -0.05) is 11.6 Å². The number of anilines is 1. The molecule has 3 heterocycles. The van der Waals surface area contributed by atoms with Gasteiger partial charge in [0.05, 0.1) is 22.9 Å². The molecule has 124 valence electrons. The second-order valence-electron chi connectivity index (χ2n) is 6.92. The number of hydrogen-bond acceptors (Lipinski definition) is 4. The van der Waals surface area contributed by atoms with Crippen molar-refractivity contribution in [3.05, 3.63) is 22.2 Å². The van der Waals surface area contributed by atoms with E-state index in [1.165, 1.54) is 12.8 Å². The Balaban J connectivity index is 1.55. The molecular weight excluding hydrogens is 314 g/mol. The van der Waals surface area contributed by atoms with E-state index in [-0.39, 0.29) is 11.9 Å². The van der Waals surface area contributed by atoms with Crippen LogP contribution in [-0.4, -0.2) is 42.6 Å². The fraction of sp³-hybridized carbons (Fsp3) is 0.588. The molecule has 1 amide bonds. The minimum Gasteiger partial charge on any atom is -0.492 e. The van der Waals surface area contributed by atoms with Gasteiger partial charge in [-0.25, -0.2) is 0 Å². The Morgan fingerprint density at radius 3 is 2.78 bits per heavy atom. The number of halogens is 1. The van der Waals surface area contributed by atoms with Crippen LogP contribution >= 0.6 is 11.6 Å². The van der Waals surface area contributed by atoms with Crippen LogP contribution in [0.15, 0.2) is 6.07 Å². The first-order valence-corrected chi connectivity index (χ1v) is 8.69. The molecule has 0 spiro atoms. The highest BCUT2D eigenvalue weighted by Gasteiger charge is 2.39. The van der Waals surface area contributed by atoms with Crippen molar-refractivity contribution in [3.8, 4) is 5.75 Å². The Morgan fingerprint density at radius 2 is 2.09 bits per heavy atom. The molecule has 4 rings (SSSR count). The Bertz CT molecular complexity index is 650. The molecule has 0 aliphatic carbocycles. The minimum absolute atomic E-state index is 0.0981. The van der Waals surface area contributed by atoms with Crippen LogP contribution in [0.4, 0.5) is 5.69 Å². The van der Waals surface area contributed by atoms with E-state index in [2.05, 4.69) is 17.3 Å². The molecule has 23 heavy (non-hydrogen) atoms. The molecule has 3 aliphatic rings. The predicted molar refractivity (Wildman–Crippen MR) is 90.1 cm³/mol. The minimum atomic E-state index is -0.0981. The normalized spacial score (nSPS) is 29.2. The number of nitrogen functional groups attached to an aromatic ring is 1. The van der Waals surface area contributed by atoms with Crippen LogP contribution in [0.2, 0.25) is 5.02 Å². The zero-order valence-electron chi connectivity index (χ0n) is 13.3. The third-order valence-electron chi connectivity index (χ3n) is 5.65. The van der Waals surface area contributed by atoms with Crippen molar-refractivity contribution in [1.29, 1.82) is 0 Å². The maximum atomic E-state index is 12.7. The van der Waals surface area contributed by atoms with Crippen molar-refractivity contribution in [1.82, 2.24) is 10.2 Å². The third-order valence-corrected chi connectivity index (χ3v) is 5.96. The van der Waals surface area contributed by atoms with E-state index < -0.39 is 0 Å². The zero-order chi connectivity index (χ0) is 16.1. The van der Waals surface area contributed by atoms with Crippen molar-refractivity contribution in [2.24, 2.45) is 0 Å². The van der Waals surface area contributed by atoms with Crippen LogP contribution in [-0.2, 0) is 6.42 Å². The van der Waals surface area contributed by atoms with Crippen molar-refractivity contribution in [2.75, 3.05) is 19.4 Å². The lowest BCUT2D eigenvalue weighted by atomic mass is 9.97. The van der Waals surface area contributed by atoms with Crippen molar-refractivity contribution < 1.29 is 9.53 Å². The summed E-state index contributed by atoms with van der Waals surface area (Å²) in [5, 5.41) is 3.62. The monoisotopic (exact) mass is 335 g/mol. The van der Waals surface area contributed by atoms with Gasteiger partial charge in [0, 0.05) is 30.1 Å². The molecule has 0 aromatic heterocycles. The number of benzene rings is 1. The fourth-order valence-electron chi connectivity index (χ4n) is 4.33. The summed E-state index contributed by atoms with van der Waals surface area (Å²) >= 11 is 6.19. The number of rotatable bonds is 2. The number of nitrogens with zero attached hydrogens (tertiary/aromatic N) is 1. The lowest BCUT2D eigenvalue weighted by Gasteiger charge is -2.36. The molecule has 3 aliphatic heterocycles. The van der Waals surface area contributed by atoms with Crippen molar-refractivity contribution in [3.63, 3.8) is 0 Å². The van der Waals surface area contributed by atoms with Gasteiger partial charge in [0.2, 0.25) is 0 Å². The van der Waals surface area contributed by atoms with Gasteiger partial charge in [-0.3, -0.25) is 4.79 Å². The number of fused-ring (bicyclic) bond motifs is 3. The van der Waals surface area contributed by atoms with Gasteiger partial charge in [-0.05, 0) is 38.8 Å². The number of carbonyl (C=O) groups excluding carboxylic acids is 1. The molecule has 0 radical (unpaired) electrons. The highest BCUT2D eigenvalue weighted by atomic mass is 35.5. The molecule has 2 saturated heterocycles. The molecule has 2 fully saturated rings. The first kappa shape index (κ1) is 15.1. The van der Waals surface area contributed by atoms with Gasteiger partial charge in [0.15, 0.2) is 0 Å². The smallest absolute Gasteiger partial charge is 0.255 e. The Kier molecular flexibility index (Phi) is 3.65. The summed E-state index contributed by atoms with van der Waals surface area (Å²) in [7, 11) is 2.20. The highest BCUT2D eigenvalue weighted by Crippen LogP contribution is 2.39. The molecule has 3 atom stereocenters. The van der Waals surface area contributed by atoms with Gasteiger partial charge >= 0.3 is 0 Å². The average Bonchev–Trinajstić information content (AvgIpc) is 3.06. The SMILES string of the molecule is CN1[C@@H]2CC[C@H]1CC(NC(=O)c1cc(Cl)c(N)c3c1OCC3)C2. The van der Waals surface area contributed by atoms with Crippen LogP contribution < -0.4 is 15.8 Å². The molecule has 0 saturated carbocycles. The van der Waals surface area contributed by atoms with Gasteiger partial charge in [0.25, 0.3) is 5.91 Å². The van der Waals surface area contributed by atoms with E-state index in [4.69, 9.17) is 22.1 Å². The summed E-state index contributed by atoms with van der Waals surface area (Å²) in [4.78, 5) is 15.2. The third kappa shape index (κ3) is 2.46. The Morgan fingerprint density at radius 1 is 1.39 bits per heavy atom. The molecule has 1 aromatic rings. The van der Waals surface area contributed by atoms with E-state index in [0.717, 1.165) is 18.4 Å². The van der Waals surface area contributed by atoms with Gasteiger partial charge in [-0.15, -0.1) is 0 Å². The quantitative estimate of drug-likeness (QED) is 0.813. The molecule has 5 nitrogen and oxygen atoms in total. The van der Waals surface area contributed by atoms with Crippen LogP contribution in [0.1, 0.15) is 41.6 Å². The van der Waals surface area contributed by atoms with E-state index in [1.54, 1.807) is 6.07 Å². The maximum Gasteiger partial charge on any atom is 0.255 e. The summed E-state index contributed by atoms with van der Waals surface area (Å²) in [6.07, 6.45) is 5.22. The molecular formula is C17H22ClN3O2. The molecule has 1 unspecified atom stereocenters. The first-order valence-electron chi connectivity index (χ1n) is 8.31. The first-order chi connectivity index (χ1) is 11.0. The largest absolute Gasteiger partial charge is 0.492 e. The number of nitrogens with one attached hydrogen (secondary N) is 1. The lowest BCUT2D eigenvalue weighted by Crippen LogP contribution is -2.48. The van der Waals surface area contributed by atoms with Gasteiger partial charge in [-0.2, -0.15) is 0 Å². The van der Waals surface area contributed by atoms with Crippen LogP contribution in [0.3, 0.4) is 0 Å². The Labute approximate surface area is 141 Å². The fourth-order valence-corrected chi connectivity index (χ4v) is 4.55. The second-order valence-corrected chi connectivity index (χ2v) is 7.33. The van der Waals surface area contributed by atoms with Crippen molar-refractivity contribution >= 4 is 23.2 Å². The topological polar surface area (TPSA) is 67.6 Å². The summed E-state index contributed by atoms with van der Waals surface area (Å²) in [6.45, 7) is 0.554. The van der Waals surface area contributed by atoms with Crippen molar-refractivity contribution in [2.45, 2.75) is 50.2 Å². The molecule has 3 N–H and O–H groups in total. The molecule has 6 heteroatoms. The summed E-state index contributed by atoms with van der Waals surface area (Å²) in [6, 6.07) is 3.05. The van der Waals surface area contributed by atoms with E-state index in [9.17, 15) is 4.79 Å². The predicted octanol–water partition coefficient (Wildman–Crippen LogP) is 2.21. The van der Waals surface area contributed by atoms with Crippen LogP contribution in [0.5, 0.6) is 5.75 Å². The lowest BCUT2D eigenvalue weighted by molar-refractivity contribution is 0.0879. The number of nitrogens with two attached hydrogens (primary N) is 1. The molecule has 1 aromatic carbocycles. The Hall–Kier alpha value is -1.46. The second kappa shape index (κ2) is 5.56. The van der Waals surface area contributed by atoms with Crippen LogP contribution in [0, 0.1) is 0 Å². The van der Waals surface area contributed by atoms with E-state index in [0.29, 0.717) is 47.1 Å².